The largest absolute Gasteiger partial charge is 0.496 e. The van der Waals surface area contributed by atoms with Gasteiger partial charge >= 0.3 is 0 Å². The van der Waals surface area contributed by atoms with Gasteiger partial charge in [-0.15, -0.1) is 0 Å². The van der Waals surface area contributed by atoms with E-state index in [-0.39, 0.29) is 23.7 Å². The first-order valence-electron chi connectivity index (χ1n) is 10.0. The van der Waals surface area contributed by atoms with Crippen molar-refractivity contribution in [1.82, 2.24) is 10.2 Å². The quantitative estimate of drug-likeness (QED) is 0.786. The smallest absolute Gasteiger partial charge is 0.253 e. The Bertz CT molecular complexity index is 913. The highest BCUT2D eigenvalue weighted by molar-refractivity contribution is 6.30. The fourth-order valence-electron chi connectivity index (χ4n) is 4.03. The van der Waals surface area contributed by atoms with E-state index in [1.165, 1.54) is 12.8 Å². The van der Waals surface area contributed by atoms with E-state index >= 15 is 0 Å². The molecular weight excluding hydrogens is 388 g/mol. The molecular formula is C23H25ClN2O3. The molecule has 2 unspecified atom stereocenters. The third kappa shape index (κ3) is 4.40. The molecule has 0 radical (unpaired) electrons. The number of likely N-dealkylation sites (tertiary alicyclic amines) is 1. The first kappa shape index (κ1) is 19.8. The van der Waals surface area contributed by atoms with E-state index in [9.17, 15) is 9.59 Å². The number of hydrogen-bond acceptors (Lipinski definition) is 3. The Balaban J connectivity index is 1.59. The van der Waals surface area contributed by atoms with Crippen molar-refractivity contribution in [3.8, 4) is 5.75 Å². The highest BCUT2D eigenvalue weighted by Gasteiger charge is 2.42. The van der Waals surface area contributed by atoms with Crippen molar-refractivity contribution >= 4 is 23.4 Å². The molecule has 6 heteroatoms. The Kier molecular flexibility index (Phi) is 5.76. The lowest BCUT2D eigenvalue weighted by atomic mass is 9.87. The first-order valence-corrected chi connectivity index (χ1v) is 10.4. The van der Waals surface area contributed by atoms with Gasteiger partial charge in [0.15, 0.2) is 0 Å². The summed E-state index contributed by atoms with van der Waals surface area (Å²) in [6, 6.07) is 14.7. The lowest BCUT2D eigenvalue weighted by Gasteiger charge is -2.20. The number of carbonyl (C=O) groups excluding carboxylic acids is 2. The Morgan fingerprint density at radius 2 is 1.93 bits per heavy atom. The van der Waals surface area contributed by atoms with Gasteiger partial charge in [0.1, 0.15) is 5.75 Å². The highest BCUT2D eigenvalue weighted by Crippen LogP contribution is 2.38. The van der Waals surface area contributed by atoms with Crippen LogP contribution in [0, 0.1) is 11.8 Å². The van der Waals surface area contributed by atoms with Crippen LogP contribution in [0.1, 0.15) is 34.7 Å². The van der Waals surface area contributed by atoms with Crippen LogP contribution in [0.2, 0.25) is 5.02 Å². The molecule has 0 aromatic heterocycles. The summed E-state index contributed by atoms with van der Waals surface area (Å²) in [4.78, 5) is 27.8. The maximum absolute atomic E-state index is 13.1. The fraction of sp³-hybridized carbons (Fsp3) is 0.391. The zero-order valence-electron chi connectivity index (χ0n) is 16.4. The zero-order valence-corrected chi connectivity index (χ0v) is 17.2. The average molecular weight is 413 g/mol. The van der Waals surface area contributed by atoms with Crippen molar-refractivity contribution in [2.75, 3.05) is 26.7 Å². The molecule has 4 rings (SSSR count). The number of methoxy groups -OCH3 is 1. The van der Waals surface area contributed by atoms with E-state index in [2.05, 4.69) is 5.32 Å². The number of para-hydroxylation sites is 1. The van der Waals surface area contributed by atoms with Gasteiger partial charge in [-0.3, -0.25) is 9.59 Å². The molecule has 5 nitrogen and oxygen atoms in total. The van der Waals surface area contributed by atoms with Crippen molar-refractivity contribution in [2.24, 2.45) is 11.8 Å². The Morgan fingerprint density at radius 1 is 1.14 bits per heavy atom. The molecule has 0 spiro atoms. The summed E-state index contributed by atoms with van der Waals surface area (Å²) >= 11 is 6.06. The van der Waals surface area contributed by atoms with E-state index in [1.54, 1.807) is 36.3 Å². The van der Waals surface area contributed by atoms with Crippen molar-refractivity contribution in [3.63, 3.8) is 0 Å². The highest BCUT2D eigenvalue weighted by atomic mass is 35.5. The summed E-state index contributed by atoms with van der Waals surface area (Å²) in [7, 11) is 1.63. The van der Waals surface area contributed by atoms with Gasteiger partial charge < -0.3 is 15.0 Å². The number of halogens is 1. The second-order valence-electron chi connectivity index (χ2n) is 7.86. The number of amides is 2. The minimum absolute atomic E-state index is 0.00852. The van der Waals surface area contributed by atoms with Gasteiger partial charge in [0.2, 0.25) is 5.91 Å². The second kappa shape index (κ2) is 8.46. The van der Waals surface area contributed by atoms with Gasteiger partial charge in [-0.1, -0.05) is 35.9 Å². The Morgan fingerprint density at radius 3 is 2.66 bits per heavy atom. The van der Waals surface area contributed by atoms with E-state index < -0.39 is 0 Å². The lowest BCUT2D eigenvalue weighted by Crippen LogP contribution is -2.36. The predicted molar refractivity (Wildman–Crippen MR) is 112 cm³/mol. The van der Waals surface area contributed by atoms with Crippen LogP contribution in [0.4, 0.5) is 0 Å². The standard InChI is InChI=1S/C23H25ClN2O3/c1-29-21-8-3-2-7-18(21)19-13-26(23(28)16-5-4-6-17(24)11-16)14-20(19)22(27)25-12-15-9-10-15/h2-8,11,15,19-20H,9-10,12-14H2,1H3,(H,25,27). The molecule has 2 aromatic carbocycles. The molecule has 29 heavy (non-hydrogen) atoms. The molecule has 1 saturated carbocycles. The van der Waals surface area contributed by atoms with E-state index in [0.717, 1.165) is 17.9 Å². The number of rotatable bonds is 6. The number of benzene rings is 2. The summed E-state index contributed by atoms with van der Waals surface area (Å²) in [6.45, 7) is 1.56. The van der Waals surface area contributed by atoms with Crippen LogP contribution in [0.25, 0.3) is 0 Å². The molecule has 1 aliphatic heterocycles. The summed E-state index contributed by atoms with van der Waals surface area (Å²) in [6.07, 6.45) is 2.36. The number of carbonyl (C=O) groups is 2. The van der Waals surface area contributed by atoms with Crippen molar-refractivity contribution in [3.05, 3.63) is 64.7 Å². The number of nitrogens with zero attached hydrogens (tertiary/aromatic N) is 1. The third-order valence-corrected chi connectivity index (χ3v) is 6.05. The van der Waals surface area contributed by atoms with Gasteiger partial charge in [0.25, 0.3) is 5.91 Å². The number of nitrogens with one attached hydrogen (secondary N) is 1. The first-order chi connectivity index (χ1) is 14.1. The summed E-state index contributed by atoms with van der Waals surface area (Å²) < 4.78 is 5.54. The Labute approximate surface area is 176 Å². The maximum Gasteiger partial charge on any atom is 0.253 e. The number of ether oxygens (including phenoxy) is 1. The minimum Gasteiger partial charge on any atom is -0.496 e. The van der Waals surface area contributed by atoms with Crippen molar-refractivity contribution in [2.45, 2.75) is 18.8 Å². The Hall–Kier alpha value is -2.53. The number of hydrogen-bond donors (Lipinski definition) is 1. The van der Waals surface area contributed by atoms with Gasteiger partial charge in [0.05, 0.1) is 13.0 Å². The topological polar surface area (TPSA) is 58.6 Å². The van der Waals surface area contributed by atoms with Crippen LogP contribution >= 0.6 is 11.6 Å². The maximum atomic E-state index is 13.1. The van der Waals surface area contributed by atoms with E-state index in [4.69, 9.17) is 16.3 Å². The SMILES string of the molecule is COc1ccccc1C1CN(C(=O)c2cccc(Cl)c2)CC1C(=O)NCC1CC1. The average Bonchev–Trinajstić information content (AvgIpc) is 3.47. The molecule has 2 aliphatic rings. The summed E-state index contributed by atoms with van der Waals surface area (Å²) in [5.74, 6) is 0.824. The summed E-state index contributed by atoms with van der Waals surface area (Å²) in [5.41, 5.74) is 1.50. The summed E-state index contributed by atoms with van der Waals surface area (Å²) in [5, 5.41) is 3.62. The van der Waals surface area contributed by atoms with Crippen LogP contribution in [-0.2, 0) is 4.79 Å². The van der Waals surface area contributed by atoms with Gasteiger partial charge in [-0.05, 0) is 48.6 Å². The molecule has 2 fully saturated rings. The van der Waals surface area contributed by atoms with Gasteiger partial charge in [0, 0.05) is 36.1 Å². The molecule has 1 saturated heterocycles. The van der Waals surface area contributed by atoms with Gasteiger partial charge in [-0.2, -0.15) is 0 Å². The molecule has 1 aliphatic carbocycles. The van der Waals surface area contributed by atoms with E-state index in [0.29, 0.717) is 29.6 Å². The monoisotopic (exact) mass is 412 g/mol. The van der Waals surface area contributed by atoms with Gasteiger partial charge in [-0.25, -0.2) is 0 Å². The minimum atomic E-state index is -0.312. The molecule has 152 valence electrons. The van der Waals surface area contributed by atoms with Crippen LogP contribution in [0.15, 0.2) is 48.5 Å². The molecule has 1 heterocycles. The molecule has 2 atom stereocenters. The fourth-order valence-corrected chi connectivity index (χ4v) is 4.22. The molecule has 1 N–H and O–H groups in total. The van der Waals surface area contributed by atoms with Crippen LogP contribution in [0.3, 0.4) is 0 Å². The van der Waals surface area contributed by atoms with Crippen LogP contribution < -0.4 is 10.1 Å². The van der Waals surface area contributed by atoms with Crippen LogP contribution in [-0.4, -0.2) is 43.5 Å². The third-order valence-electron chi connectivity index (χ3n) is 5.82. The molecule has 2 amide bonds. The normalized spacial score (nSPS) is 21.1. The molecule has 2 aromatic rings. The lowest BCUT2D eigenvalue weighted by molar-refractivity contribution is -0.125. The second-order valence-corrected chi connectivity index (χ2v) is 8.30. The predicted octanol–water partition coefficient (Wildman–Crippen LogP) is 3.73. The van der Waals surface area contributed by atoms with Crippen LogP contribution in [0.5, 0.6) is 5.75 Å². The molecule has 0 bridgehead atoms. The zero-order chi connectivity index (χ0) is 20.4. The van der Waals surface area contributed by atoms with E-state index in [1.807, 2.05) is 24.3 Å². The van der Waals surface area contributed by atoms with Crippen molar-refractivity contribution in [1.29, 1.82) is 0 Å². The van der Waals surface area contributed by atoms with Crippen molar-refractivity contribution < 1.29 is 14.3 Å².